The molecule has 23 heavy (non-hydrogen) atoms. The third-order valence-corrected chi connectivity index (χ3v) is 6.25. The Balaban J connectivity index is 1.39. The topological polar surface area (TPSA) is 67.4 Å². The van der Waals surface area contributed by atoms with E-state index >= 15 is 0 Å². The number of nitrogens with one attached hydrogen (secondary N) is 1. The molecule has 124 valence electrons. The van der Waals surface area contributed by atoms with E-state index in [1.165, 1.54) is 28.0 Å². The first-order valence-electron chi connectivity index (χ1n) is 7.39. The summed E-state index contributed by atoms with van der Waals surface area (Å²) in [6, 6.07) is 4.19. The molecule has 1 aliphatic heterocycles. The lowest BCUT2D eigenvalue weighted by atomic mass is 10.3. The Kier molecular flexibility index (Phi) is 6.26. The lowest BCUT2D eigenvalue weighted by Gasteiger charge is -2.26. The molecular formula is C14H18N4O2S3. The Morgan fingerprint density at radius 1 is 1.39 bits per heavy atom. The van der Waals surface area contributed by atoms with E-state index in [1.54, 1.807) is 11.3 Å². The van der Waals surface area contributed by atoms with Crippen molar-refractivity contribution in [2.45, 2.75) is 10.8 Å². The van der Waals surface area contributed by atoms with Crippen LogP contribution in [0.5, 0.6) is 0 Å². The predicted molar refractivity (Wildman–Crippen MR) is 94.5 cm³/mol. The second-order valence-electron chi connectivity index (χ2n) is 4.91. The Morgan fingerprint density at radius 3 is 3.04 bits per heavy atom. The molecule has 0 unspecified atom stereocenters. The molecule has 1 saturated heterocycles. The van der Waals surface area contributed by atoms with Crippen molar-refractivity contribution in [1.82, 2.24) is 15.1 Å². The number of thioether (sulfide) groups is 1. The molecule has 1 aliphatic rings. The van der Waals surface area contributed by atoms with Crippen LogP contribution < -0.4 is 5.32 Å². The van der Waals surface area contributed by atoms with Crippen molar-refractivity contribution in [2.75, 3.05) is 43.9 Å². The summed E-state index contributed by atoms with van der Waals surface area (Å²) in [5.41, 5.74) is 0. The third kappa shape index (κ3) is 5.17. The molecule has 6 nitrogen and oxygen atoms in total. The van der Waals surface area contributed by atoms with E-state index in [0.29, 0.717) is 32.1 Å². The molecule has 3 heterocycles. The number of amides is 1. The van der Waals surface area contributed by atoms with Gasteiger partial charge in [0, 0.05) is 24.5 Å². The van der Waals surface area contributed by atoms with E-state index in [0.717, 1.165) is 22.4 Å². The number of hydrogen-bond acceptors (Lipinski definition) is 8. The summed E-state index contributed by atoms with van der Waals surface area (Å²) in [5.74, 6) is 0.546. The lowest BCUT2D eigenvalue weighted by molar-refractivity contribution is -0.132. The number of nitrogens with zero attached hydrogens (tertiary/aromatic N) is 3. The minimum absolute atomic E-state index is 0.140. The maximum Gasteiger partial charge on any atom is 0.233 e. The molecule has 9 heteroatoms. The fraction of sp³-hybridized carbons (Fsp3) is 0.500. The quantitative estimate of drug-likeness (QED) is 0.754. The van der Waals surface area contributed by atoms with Crippen LogP contribution in [0.2, 0.25) is 0 Å². The normalized spacial score (nSPS) is 14.9. The van der Waals surface area contributed by atoms with Gasteiger partial charge in [-0.3, -0.25) is 4.79 Å². The van der Waals surface area contributed by atoms with E-state index in [-0.39, 0.29) is 5.91 Å². The first-order chi connectivity index (χ1) is 11.3. The van der Waals surface area contributed by atoms with Crippen LogP contribution in [-0.4, -0.2) is 59.6 Å². The van der Waals surface area contributed by atoms with Crippen LogP contribution in [0.4, 0.5) is 5.13 Å². The minimum atomic E-state index is 0.140. The summed E-state index contributed by atoms with van der Waals surface area (Å²) in [6.07, 6.45) is 0.981. The molecule has 2 aromatic heterocycles. The lowest BCUT2D eigenvalue weighted by Crippen LogP contribution is -2.41. The van der Waals surface area contributed by atoms with Gasteiger partial charge in [0.15, 0.2) is 4.34 Å². The Bertz CT molecular complexity index is 611. The van der Waals surface area contributed by atoms with Crippen molar-refractivity contribution in [3.05, 3.63) is 22.4 Å². The van der Waals surface area contributed by atoms with Crippen molar-refractivity contribution < 1.29 is 9.53 Å². The maximum absolute atomic E-state index is 12.1. The summed E-state index contributed by atoms with van der Waals surface area (Å²) in [5, 5.41) is 14.4. The third-order valence-electron chi connectivity index (χ3n) is 3.32. The van der Waals surface area contributed by atoms with Crippen LogP contribution >= 0.6 is 34.4 Å². The highest BCUT2D eigenvalue weighted by atomic mass is 32.2. The molecule has 0 aliphatic carbocycles. The van der Waals surface area contributed by atoms with E-state index < -0.39 is 0 Å². The monoisotopic (exact) mass is 370 g/mol. The van der Waals surface area contributed by atoms with E-state index in [9.17, 15) is 4.79 Å². The molecule has 3 rings (SSSR count). The van der Waals surface area contributed by atoms with Gasteiger partial charge < -0.3 is 15.0 Å². The molecule has 2 aromatic rings. The number of carbonyl (C=O) groups excluding carboxylic acids is 1. The first-order valence-corrected chi connectivity index (χ1v) is 10.1. The zero-order valence-corrected chi connectivity index (χ0v) is 15.0. The van der Waals surface area contributed by atoms with Gasteiger partial charge in [0.1, 0.15) is 0 Å². The molecule has 0 atom stereocenters. The average Bonchev–Trinajstić information content (AvgIpc) is 3.25. The van der Waals surface area contributed by atoms with Crippen LogP contribution in [0.3, 0.4) is 0 Å². The number of hydrogen-bond donors (Lipinski definition) is 1. The average molecular weight is 371 g/mol. The van der Waals surface area contributed by atoms with Crippen LogP contribution in [0.25, 0.3) is 0 Å². The molecule has 0 bridgehead atoms. The number of rotatable bonds is 7. The van der Waals surface area contributed by atoms with E-state index in [4.69, 9.17) is 4.74 Å². The second-order valence-corrected chi connectivity index (χ2v) is 8.14. The van der Waals surface area contributed by atoms with Gasteiger partial charge in [-0.1, -0.05) is 29.2 Å². The molecule has 0 saturated carbocycles. The van der Waals surface area contributed by atoms with Crippen LogP contribution in [0.1, 0.15) is 4.88 Å². The number of morpholine rings is 1. The molecule has 1 fully saturated rings. The molecule has 0 radical (unpaired) electrons. The van der Waals surface area contributed by atoms with Gasteiger partial charge in [0.2, 0.25) is 11.0 Å². The highest BCUT2D eigenvalue weighted by Gasteiger charge is 2.17. The summed E-state index contributed by atoms with van der Waals surface area (Å²) >= 11 is 4.71. The number of anilines is 1. The van der Waals surface area contributed by atoms with Crippen molar-refractivity contribution in [3.8, 4) is 0 Å². The predicted octanol–water partition coefficient (Wildman–Crippen LogP) is 2.21. The number of ether oxygens (including phenoxy) is 1. The van der Waals surface area contributed by atoms with Crippen molar-refractivity contribution in [1.29, 1.82) is 0 Å². The van der Waals surface area contributed by atoms with E-state index in [1.807, 2.05) is 4.90 Å². The van der Waals surface area contributed by atoms with Crippen molar-refractivity contribution in [3.63, 3.8) is 0 Å². The first kappa shape index (κ1) is 16.7. The molecule has 0 aromatic carbocycles. The van der Waals surface area contributed by atoms with Crippen LogP contribution in [0, 0.1) is 0 Å². The highest BCUT2D eigenvalue weighted by molar-refractivity contribution is 8.01. The number of aromatic nitrogens is 2. The van der Waals surface area contributed by atoms with Gasteiger partial charge in [-0.2, -0.15) is 0 Å². The number of thiophene rings is 1. The zero-order chi connectivity index (χ0) is 15.9. The van der Waals surface area contributed by atoms with E-state index in [2.05, 4.69) is 33.0 Å². The largest absolute Gasteiger partial charge is 0.378 e. The molecule has 1 amide bonds. The Morgan fingerprint density at radius 2 is 2.26 bits per heavy atom. The summed E-state index contributed by atoms with van der Waals surface area (Å²) in [6.45, 7) is 3.48. The summed E-state index contributed by atoms with van der Waals surface area (Å²) in [7, 11) is 0. The molecular weight excluding hydrogens is 352 g/mol. The fourth-order valence-corrected chi connectivity index (χ4v) is 4.50. The van der Waals surface area contributed by atoms with Crippen LogP contribution in [0.15, 0.2) is 21.9 Å². The van der Waals surface area contributed by atoms with Gasteiger partial charge in [0.05, 0.1) is 19.0 Å². The Hall–Kier alpha value is -1.16. The number of carbonyl (C=O) groups is 1. The fourth-order valence-electron chi connectivity index (χ4n) is 2.11. The van der Waals surface area contributed by atoms with Crippen molar-refractivity contribution >= 4 is 45.5 Å². The minimum Gasteiger partial charge on any atom is -0.378 e. The summed E-state index contributed by atoms with van der Waals surface area (Å²) in [4.78, 5) is 15.3. The van der Waals surface area contributed by atoms with Gasteiger partial charge in [-0.25, -0.2) is 0 Å². The maximum atomic E-state index is 12.1. The SMILES string of the molecule is O=C(CSc1nnc(NCCc2cccs2)s1)N1CCOCC1. The van der Waals surface area contributed by atoms with Gasteiger partial charge in [-0.15, -0.1) is 21.5 Å². The molecule has 0 spiro atoms. The summed E-state index contributed by atoms with van der Waals surface area (Å²) < 4.78 is 6.08. The smallest absolute Gasteiger partial charge is 0.233 e. The zero-order valence-electron chi connectivity index (χ0n) is 12.6. The van der Waals surface area contributed by atoms with Gasteiger partial charge in [-0.05, 0) is 17.9 Å². The van der Waals surface area contributed by atoms with Gasteiger partial charge >= 0.3 is 0 Å². The second kappa shape index (κ2) is 8.62. The standard InChI is InChI=1S/C14H18N4O2S3/c19-12(18-5-7-20-8-6-18)10-22-14-17-16-13(23-14)15-4-3-11-2-1-9-21-11/h1-2,9H,3-8,10H2,(H,15,16). The Labute approximate surface area is 147 Å². The van der Waals surface area contributed by atoms with Crippen molar-refractivity contribution in [2.24, 2.45) is 0 Å². The van der Waals surface area contributed by atoms with Crippen LogP contribution in [-0.2, 0) is 16.0 Å². The molecule has 1 N–H and O–H groups in total. The van der Waals surface area contributed by atoms with Gasteiger partial charge in [0.25, 0.3) is 0 Å². The highest BCUT2D eigenvalue weighted by Crippen LogP contribution is 2.25.